The fraction of sp³-hybridized carbons (Fsp3) is 0.182. The first kappa shape index (κ1) is 21.3. The van der Waals surface area contributed by atoms with Crippen LogP contribution in [0, 0.1) is 6.92 Å². The van der Waals surface area contributed by atoms with Gasteiger partial charge in [0.25, 0.3) is 0 Å². The monoisotopic (exact) mass is 429 g/mol. The molecule has 2 aromatic carbocycles. The van der Waals surface area contributed by atoms with Crippen molar-refractivity contribution in [3.05, 3.63) is 80.9 Å². The number of anilines is 1. The number of hydrogen-bond acceptors (Lipinski definition) is 6. The standard InChI is InChI=1S/C22H20ClNO6/c1-12-8-18(26)21(22(28)30-12)16(13-6-7-19(29-2)17(25)9-13)11-20(27)24-15-5-3-4-14(23)10-15/h3-10,16,25-26H,11H2,1-2H3,(H,24,27). The summed E-state index contributed by atoms with van der Waals surface area (Å²) in [5.74, 6) is -1.28. The van der Waals surface area contributed by atoms with E-state index < -0.39 is 17.5 Å². The van der Waals surface area contributed by atoms with Gasteiger partial charge in [-0.15, -0.1) is 0 Å². The molecule has 1 heterocycles. The average Bonchev–Trinajstić information content (AvgIpc) is 2.66. The van der Waals surface area contributed by atoms with Crippen molar-refractivity contribution in [2.45, 2.75) is 19.3 Å². The predicted molar refractivity (Wildman–Crippen MR) is 113 cm³/mol. The maximum Gasteiger partial charge on any atom is 0.343 e. The number of methoxy groups -OCH3 is 1. The van der Waals surface area contributed by atoms with Gasteiger partial charge in [-0.25, -0.2) is 4.79 Å². The molecule has 8 heteroatoms. The van der Waals surface area contributed by atoms with Crippen molar-refractivity contribution in [1.82, 2.24) is 0 Å². The van der Waals surface area contributed by atoms with Crippen LogP contribution < -0.4 is 15.7 Å². The molecule has 7 nitrogen and oxygen atoms in total. The minimum atomic E-state index is -0.877. The lowest BCUT2D eigenvalue weighted by molar-refractivity contribution is -0.116. The number of aryl methyl sites for hydroxylation is 1. The largest absolute Gasteiger partial charge is 0.507 e. The van der Waals surface area contributed by atoms with E-state index in [1.807, 2.05) is 0 Å². The summed E-state index contributed by atoms with van der Waals surface area (Å²) in [5.41, 5.74) is 0.0831. The van der Waals surface area contributed by atoms with Crippen LogP contribution in [0.25, 0.3) is 0 Å². The fourth-order valence-electron chi connectivity index (χ4n) is 3.20. The number of amides is 1. The molecule has 0 bridgehead atoms. The zero-order chi connectivity index (χ0) is 21.8. The highest BCUT2D eigenvalue weighted by Crippen LogP contribution is 2.36. The molecule has 3 rings (SSSR count). The summed E-state index contributed by atoms with van der Waals surface area (Å²) in [4.78, 5) is 25.2. The second-order valence-corrected chi connectivity index (χ2v) is 7.13. The third-order valence-electron chi connectivity index (χ3n) is 4.54. The molecular weight excluding hydrogens is 410 g/mol. The van der Waals surface area contributed by atoms with Crippen molar-refractivity contribution < 1.29 is 24.2 Å². The molecule has 1 atom stereocenters. The zero-order valence-electron chi connectivity index (χ0n) is 16.3. The SMILES string of the molecule is COc1ccc(C(CC(=O)Nc2cccc(Cl)c2)c2c(O)cc(C)oc2=O)cc1O. The van der Waals surface area contributed by atoms with E-state index in [1.165, 1.54) is 32.2 Å². The van der Waals surface area contributed by atoms with E-state index in [2.05, 4.69) is 5.32 Å². The lowest BCUT2D eigenvalue weighted by atomic mass is 9.88. The predicted octanol–water partition coefficient (Wildman–Crippen LogP) is 4.18. The molecule has 0 spiro atoms. The first-order valence-corrected chi connectivity index (χ1v) is 9.42. The maximum absolute atomic E-state index is 12.7. The Balaban J connectivity index is 2.01. The van der Waals surface area contributed by atoms with Gasteiger partial charge in [-0.05, 0) is 42.8 Å². The molecule has 1 unspecified atom stereocenters. The fourth-order valence-corrected chi connectivity index (χ4v) is 3.39. The summed E-state index contributed by atoms with van der Waals surface area (Å²) >= 11 is 5.95. The Hall–Kier alpha value is -3.45. The van der Waals surface area contributed by atoms with Gasteiger partial charge in [0, 0.05) is 29.1 Å². The third-order valence-corrected chi connectivity index (χ3v) is 4.78. The van der Waals surface area contributed by atoms with Gasteiger partial charge in [0.15, 0.2) is 11.5 Å². The molecule has 0 saturated carbocycles. The number of benzene rings is 2. The first-order chi connectivity index (χ1) is 14.3. The topological polar surface area (TPSA) is 109 Å². The first-order valence-electron chi connectivity index (χ1n) is 9.04. The van der Waals surface area contributed by atoms with Gasteiger partial charge in [0.05, 0.1) is 12.7 Å². The summed E-state index contributed by atoms with van der Waals surface area (Å²) in [6.45, 7) is 1.53. The Morgan fingerprint density at radius 3 is 2.57 bits per heavy atom. The van der Waals surface area contributed by atoms with Crippen LogP contribution in [-0.2, 0) is 4.79 Å². The number of carbonyl (C=O) groups is 1. The van der Waals surface area contributed by atoms with Crippen molar-refractivity contribution in [1.29, 1.82) is 0 Å². The number of carbonyl (C=O) groups excluding carboxylic acids is 1. The normalized spacial score (nSPS) is 11.7. The van der Waals surface area contributed by atoms with Crippen LogP contribution in [0.4, 0.5) is 5.69 Å². The van der Waals surface area contributed by atoms with Crippen molar-refractivity contribution in [2.24, 2.45) is 0 Å². The van der Waals surface area contributed by atoms with Crippen LogP contribution in [0.5, 0.6) is 17.2 Å². The van der Waals surface area contributed by atoms with Crippen LogP contribution in [-0.4, -0.2) is 23.2 Å². The minimum absolute atomic E-state index is 0.0774. The van der Waals surface area contributed by atoms with E-state index in [0.29, 0.717) is 16.3 Å². The van der Waals surface area contributed by atoms with Crippen molar-refractivity contribution in [2.75, 3.05) is 12.4 Å². The van der Waals surface area contributed by atoms with Gasteiger partial charge in [0.1, 0.15) is 11.5 Å². The molecule has 30 heavy (non-hydrogen) atoms. The highest BCUT2D eigenvalue weighted by molar-refractivity contribution is 6.30. The molecule has 0 radical (unpaired) electrons. The number of aromatic hydroxyl groups is 2. The highest BCUT2D eigenvalue weighted by atomic mass is 35.5. The van der Waals surface area contributed by atoms with Crippen LogP contribution >= 0.6 is 11.6 Å². The molecule has 0 aliphatic rings. The molecule has 1 amide bonds. The lowest BCUT2D eigenvalue weighted by Crippen LogP contribution is -2.21. The number of phenolic OH excluding ortho intramolecular Hbond substituents is 1. The van der Waals surface area contributed by atoms with Crippen LogP contribution in [0.2, 0.25) is 5.02 Å². The summed E-state index contributed by atoms with van der Waals surface area (Å²) in [5, 5.41) is 23.8. The third kappa shape index (κ3) is 4.75. The molecule has 1 aromatic heterocycles. The molecule has 0 aliphatic heterocycles. The number of rotatable bonds is 6. The Bertz CT molecular complexity index is 1140. The zero-order valence-corrected chi connectivity index (χ0v) is 17.1. The summed E-state index contributed by atoms with van der Waals surface area (Å²) in [6, 6.07) is 12.4. The summed E-state index contributed by atoms with van der Waals surface area (Å²) < 4.78 is 10.2. The van der Waals surface area contributed by atoms with Gasteiger partial charge >= 0.3 is 5.63 Å². The van der Waals surface area contributed by atoms with Crippen molar-refractivity contribution >= 4 is 23.2 Å². The van der Waals surface area contributed by atoms with Crippen LogP contribution in [0.15, 0.2) is 57.7 Å². The molecule has 156 valence electrons. The Morgan fingerprint density at radius 2 is 1.93 bits per heavy atom. The molecule has 0 aliphatic carbocycles. The molecule has 3 aromatic rings. The van der Waals surface area contributed by atoms with E-state index in [0.717, 1.165) is 0 Å². The maximum atomic E-state index is 12.7. The van der Waals surface area contributed by atoms with E-state index >= 15 is 0 Å². The summed E-state index contributed by atoms with van der Waals surface area (Å²) in [7, 11) is 1.41. The smallest absolute Gasteiger partial charge is 0.343 e. The van der Waals surface area contributed by atoms with E-state index in [1.54, 1.807) is 30.3 Å². The van der Waals surface area contributed by atoms with Crippen molar-refractivity contribution in [3.8, 4) is 17.2 Å². The molecular formula is C22H20ClNO6. The number of nitrogens with one attached hydrogen (secondary N) is 1. The quantitative estimate of drug-likeness (QED) is 0.542. The van der Waals surface area contributed by atoms with Gasteiger partial charge in [0.2, 0.25) is 5.91 Å². The highest BCUT2D eigenvalue weighted by Gasteiger charge is 2.26. The lowest BCUT2D eigenvalue weighted by Gasteiger charge is -2.19. The van der Waals surface area contributed by atoms with Gasteiger partial charge in [-0.2, -0.15) is 0 Å². The Labute approximate surface area is 177 Å². The van der Waals surface area contributed by atoms with E-state index in [9.17, 15) is 19.8 Å². The minimum Gasteiger partial charge on any atom is -0.507 e. The van der Waals surface area contributed by atoms with Gasteiger partial charge in [-0.3, -0.25) is 4.79 Å². The van der Waals surface area contributed by atoms with Crippen LogP contribution in [0.3, 0.4) is 0 Å². The Kier molecular flexibility index (Phi) is 6.32. The number of phenols is 1. The number of ether oxygens (including phenoxy) is 1. The second kappa shape index (κ2) is 8.92. The second-order valence-electron chi connectivity index (χ2n) is 6.69. The van der Waals surface area contributed by atoms with E-state index in [-0.39, 0.29) is 35.0 Å². The Morgan fingerprint density at radius 1 is 1.17 bits per heavy atom. The average molecular weight is 430 g/mol. The van der Waals surface area contributed by atoms with Crippen LogP contribution in [0.1, 0.15) is 29.2 Å². The van der Waals surface area contributed by atoms with Crippen molar-refractivity contribution in [3.63, 3.8) is 0 Å². The molecule has 0 saturated heterocycles. The number of halogens is 1. The van der Waals surface area contributed by atoms with Gasteiger partial charge < -0.3 is 24.7 Å². The van der Waals surface area contributed by atoms with E-state index in [4.69, 9.17) is 20.8 Å². The molecule has 0 fully saturated rings. The molecule has 3 N–H and O–H groups in total. The summed E-state index contributed by atoms with van der Waals surface area (Å²) in [6.07, 6.45) is -0.195. The number of hydrogen-bond donors (Lipinski definition) is 3. The van der Waals surface area contributed by atoms with Gasteiger partial charge in [-0.1, -0.05) is 23.7 Å².